The first-order valence-electron chi connectivity index (χ1n) is 5.09. The average Bonchev–Trinajstić information content (AvgIpc) is 2.35. The molecule has 2 aromatic carbocycles. The zero-order chi connectivity index (χ0) is 13.1. The number of amides is 1. The van der Waals surface area contributed by atoms with Gasteiger partial charge in [-0.3, -0.25) is 4.79 Å². The fourth-order valence-corrected chi connectivity index (χ4v) is 2.06. The van der Waals surface area contributed by atoms with Crippen LogP contribution in [0.25, 0.3) is 0 Å². The molecule has 0 radical (unpaired) electrons. The molecule has 0 aliphatic carbocycles. The molecular formula is C13H8BrClFNO. The van der Waals surface area contributed by atoms with Crippen LogP contribution >= 0.6 is 27.5 Å². The van der Waals surface area contributed by atoms with E-state index in [4.69, 9.17) is 11.6 Å². The summed E-state index contributed by atoms with van der Waals surface area (Å²) in [4.78, 5) is 12.0. The molecule has 0 fully saturated rings. The summed E-state index contributed by atoms with van der Waals surface area (Å²) in [6.07, 6.45) is 0. The molecule has 0 unspecified atom stereocenters. The standard InChI is InChI=1S/C13H8BrClFNO/c14-12-8(4-3-6-10(12)16)13(18)17-11-7-2-1-5-9(11)15/h1-7H,(H,17,18). The molecule has 18 heavy (non-hydrogen) atoms. The molecule has 2 rings (SSSR count). The van der Waals surface area contributed by atoms with Crippen molar-refractivity contribution in [3.05, 3.63) is 63.3 Å². The Morgan fingerprint density at radius 3 is 2.61 bits per heavy atom. The summed E-state index contributed by atoms with van der Waals surface area (Å²) in [5.74, 6) is -0.906. The molecule has 2 nitrogen and oxygen atoms in total. The van der Waals surface area contributed by atoms with Crippen LogP contribution in [0, 0.1) is 5.82 Å². The first kappa shape index (κ1) is 13.1. The third kappa shape index (κ3) is 2.71. The Hall–Kier alpha value is -1.39. The average molecular weight is 329 g/mol. The highest BCUT2D eigenvalue weighted by molar-refractivity contribution is 9.10. The minimum Gasteiger partial charge on any atom is -0.321 e. The Morgan fingerprint density at radius 2 is 1.89 bits per heavy atom. The number of rotatable bonds is 2. The SMILES string of the molecule is O=C(Nc1ccccc1Cl)c1cccc(F)c1Br. The van der Waals surface area contributed by atoms with Gasteiger partial charge in [0.25, 0.3) is 5.91 Å². The van der Waals surface area contributed by atoms with Crippen LogP contribution in [0.2, 0.25) is 5.02 Å². The van der Waals surface area contributed by atoms with E-state index in [1.165, 1.54) is 18.2 Å². The molecule has 1 amide bonds. The molecule has 0 saturated heterocycles. The maximum Gasteiger partial charge on any atom is 0.256 e. The van der Waals surface area contributed by atoms with Gasteiger partial charge in [0.1, 0.15) is 5.82 Å². The van der Waals surface area contributed by atoms with Crippen LogP contribution < -0.4 is 5.32 Å². The fraction of sp³-hybridized carbons (Fsp3) is 0. The highest BCUT2D eigenvalue weighted by Gasteiger charge is 2.13. The Bertz CT molecular complexity index is 603. The van der Waals surface area contributed by atoms with Gasteiger partial charge in [0.15, 0.2) is 0 Å². The fourth-order valence-electron chi connectivity index (χ4n) is 1.43. The first-order chi connectivity index (χ1) is 8.59. The van der Waals surface area contributed by atoms with E-state index >= 15 is 0 Å². The van der Waals surface area contributed by atoms with Crippen LogP contribution in [-0.4, -0.2) is 5.91 Å². The quantitative estimate of drug-likeness (QED) is 0.864. The molecule has 0 aromatic heterocycles. The molecule has 0 atom stereocenters. The zero-order valence-electron chi connectivity index (χ0n) is 9.08. The van der Waals surface area contributed by atoms with E-state index < -0.39 is 11.7 Å². The van der Waals surface area contributed by atoms with Gasteiger partial charge in [-0.1, -0.05) is 29.8 Å². The van der Waals surface area contributed by atoms with Crippen LogP contribution in [0.3, 0.4) is 0 Å². The first-order valence-corrected chi connectivity index (χ1v) is 6.26. The summed E-state index contributed by atoms with van der Waals surface area (Å²) >= 11 is 8.97. The minimum absolute atomic E-state index is 0.134. The van der Waals surface area contributed by atoms with Gasteiger partial charge in [-0.25, -0.2) is 4.39 Å². The third-order valence-corrected chi connectivity index (χ3v) is 3.45. The number of hydrogen-bond donors (Lipinski definition) is 1. The second kappa shape index (κ2) is 5.50. The smallest absolute Gasteiger partial charge is 0.256 e. The Kier molecular flexibility index (Phi) is 3.99. The third-order valence-electron chi connectivity index (χ3n) is 2.32. The lowest BCUT2D eigenvalue weighted by Crippen LogP contribution is -2.13. The lowest BCUT2D eigenvalue weighted by atomic mass is 10.2. The van der Waals surface area contributed by atoms with E-state index in [1.807, 2.05) is 0 Å². The molecular weight excluding hydrogens is 321 g/mol. The van der Waals surface area contributed by atoms with E-state index in [9.17, 15) is 9.18 Å². The van der Waals surface area contributed by atoms with Gasteiger partial charge in [-0.2, -0.15) is 0 Å². The summed E-state index contributed by atoms with van der Waals surface area (Å²) in [7, 11) is 0. The molecule has 1 N–H and O–H groups in total. The van der Waals surface area contributed by atoms with Crippen molar-refractivity contribution in [2.75, 3.05) is 5.32 Å². The second-order valence-electron chi connectivity index (χ2n) is 3.54. The van der Waals surface area contributed by atoms with Gasteiger partial charge in [-0.15, -0.1) is 0 Å². The molecule has 5 heteroatoms. The molecule has 2 aromatic rings. The Labute approximate surface area is 117 Å². The zero-order valence-corrected chi connectivity index (χ0v) is 11.4. The normalized spacial score (nSPS) is 10.2. The number of carbonyl (C=O) groups is 1. The van der Waals surface area contributed by atoms with Gasteiger partial charge in [0.05, 0.1) is 20.7 Å². The Morgan fingerprint density at radius 1 is 1.17 bits per heavy atom. The van der Waals surface area contributed by atoms with Gasteiger partial charge in [0, 0.05) is 0 Å². The molecule has 92 valence electrons. The summed E-state index contributed by atoms with van der Waals surface area (Å²) in [6, 6.07) is 11.1. The van der Waals surface area contributed by atoms with E-state index in [1.54, 1.807) is 24.3 Å². The van der Waals surface area contributed by atoms with E-state index in [0.717, 1.165) is 0 Å². The Balaban J connectivity index is 2.28. The molecule has 0 aliphatic rings. The topological polar surface area (TPSA) is 29.1 Å². The van der Waals surface area contributed by atoms with Crippen LogP contribution in [0.4, 0.5) is 10.1 Å². The number of carbonyl (C=O) groups excluding carboxylic acids is 1. The van der Waals surface area contributed by atoms with E-state index in [0.29, 0.717) is 10.7 Å². The molecule has 0 heterocycles. The van der Waals surface area contributed by atoms with Gasteiger partial charge >= 0.3 is 0 Å². The molecule has 0 spiro atoms. The van der Waals surface area contributed by atoms with Gasteiger partial charge in [-0.05, 0) is 40.2 Å². The van der Waals surface area contributed by atoms with Crippen LogP contribution in [0.1, 0.15) is 10.4 Å². The summed E-state index contributed by atoms with van der Waals surface area (Å²) in [5, 5.41) is 3.06. The van der Waals surface area contributed by atoms with Crippen LogP contribution in [-0.2, 0) is 0 Å². The van der Waals surface area contributed by atoms with Gasteiger partial charge in [0.2, 0.25) is 0 Å². The number of nitrogens with one attached hydrogen (secondary N) is 1. The van der Waals surface area contributed by atoms with Crippen LogP contribution in [0.15, 0.2) is 46.9 Å². The van der Waals surface area contributed by atoms with Crippen molar-refractivity contribution >= 4 is 39.1 Å². The highest BCUT2D eigenvalue weighted by Crippen LogP contribution is 2.24. The maximum atomic E-state index is 13.3. The van der Waals surface area contributed by atoms with E-state index in [-0.39, 0.29) is 10.0 Å². The minimum atomic E-state index is -0.484. The van der Waals surface area contributed by atoms with Crippen molar-refractivity contribution in [2.45, 2.75) is 0 Å². The maximum absolute atomic E-state index is 13.3. The lowest BCUT2D eigenvalue weighted by Gasteiger charge is -2.08. The molecule has 0 bridgehead atoms. The van der Waals surface area contributed by atoms with Crippen molar-refractivity contribution in [1.29, 1.82) is 0 Å². The number of anilines is 1. The monoisotopic (exact) mass is 327 g/mol. The highest BCUT2D eigenvalue weighted by atomic mass is 79.9. The lowest BCUT2D eigenvalue weighted by molar-refractivity contribution is 0.102. The van der Waals surface area contributed by atoms with E-state index in [2.05, 4.69) is 21.2 Å². The molecule has 0 saturated carbocycles. The molecule has 0 aliphatic heterocycles. The second-order valence-corrected chi connectivity index (χ2v) is 4.74. The van der Waals surface area contributed by atoms with Crippen molar-refractivity contribution in [3.8, 4) is 0 Å². The van der Waals surface area contributed by atoms with Gasteiger partial charge < -0.3 is 5.32 Å². The number of hydrogen-bond acceptors (Lipinski definition) is 1. The van der Waals surface area contributed by atoms with Crippen molar-refractivity contribution in [3.63, 3.8) is 0 Å². The number of benzene rings is 2. The summed E-state index contributed by atoms with van der Waals surface area (Å²) in [6.45, 7) is 0. The predicted molar refractivity (Wildman–Crippen MR) is 73.5 cm³/mol. The number of halogens is 3. The largest absolute Gasteiger partial charge is 0.321 e. The van der Waals surface area contributed by atoms with Crippen molar-refractivity contribution < 1.29 is 9.18 Å². The van der Waals surface area contributed by atoms with Crippen molar-refractivity contribution in [2.24, 2.45) is 0 Å². The summed E-state index contributed by atoms with van der Waals surface area (Å²) < 4.78 is 13.4. The predicted octanol–water partition coefficient (Wildman–Crippen LogP) is 4.49. The van der Waals surface area contributed by atoms with Crippen LogP contribution in [0.5, 0.6) is 0 Å². The summed E-state index contributed by atoms with van der Waals surface area (Å²) in [5.41, 5.74) is 0.704. The van der Waals surface area contributed by atoms with Crippen molar-refractivity contribution in [1.82, 2.24) is 0 Å². The number of para-hydroxylation sites is 1.